The predicted octanol–water partition coefficient (Wildman–Crippen LogP) is 1.42. The summed E-state index contributed by atoms with van der Waals surface area (Å²) in [4.78, 5) is 11.2. The Morgan fingerprint density at radius 1 is 1.47 bits per heavy atom. The molecule has 4 heteroatoms. The maximum absolute atomic E-state index is 4.44. The molecule has 0 aliphatic heterocycles. The minimum atomic E-state index is 0.757. The van der Waals surface area contributed by atoms with E-state index in [4.69, 9.17) is 0 Å². The van der Waals surface area contributed by atoms with E-state index in [1.807, 2.05) is 20.0 Å². The average molecular weight is 206 g/mol. The first-order chi connectivity index (χ1) is 7.19. The molecule has 1 fully saturated rings. The Kier molecular flexibility index (Phi) is 2.86. The summed E-state index contributed by atoms with van der Waals surface area (Å²) in [7, 11) is 4.03. The van der Waals surface area contributed by atoms with Crippen molar-refractivity contribution in [3.63, 3.8) is 0 Å². The molecule has 1 heterocycles. The van der Waals surface area contributed by atoms with E-state index in [1.165, 1.54) is 12.8 Å². The lowest BCUT2D eigenvalue weighted by Gasteiger charge is -2.15. The molecule has 0 radical (unpaired) electrons. The van der Waals surface area contributed by atoms with Crippen LogP contribution in [0, 0.1) is 6.92 Å². The second-order valence-electron chi connectivity index (χ2n) is 4.21. The highest BCUT2D eigenvalue weighted by molar-refractivity contribution is 5.34. The van der Waals surface area contributed by atoms with Gasteiger partial charge in [-0.1, -0.05) is 0 Å². The Balaban J connectivity index is 2.08. The van der Waals surface area contributed by atoms with E-state index in [0.29, 0.717) is 0 Å². The molecule has 0 bridgehead atoms. The molecule has 1 aliphatic rings. The number of hydrogen-bond donors (Lipinski definition) is 1. The normalized spacial score (nSPS) is 15.7. The number of rotatable bonds is 4. The Morgan fingerprint density at radius 3 is 2.80 bits per heavy atom. The third-order valence-electron chi connectivity index (χ3n) is 2.72. The maximum Gasteiger partial charge on any atom is 0.144 e. The van der Waals surface area contributed by atoms with Crippen LogP contribution in [0.5, 0.6) is 0 Å². The molecule has 0 aromatic carbocycles. The summed E-state index contributed by atoms with van der Waals surface area (Å²) in [6.45, 7) is 2.85. The molecule has 4 nitrogen and oxygen atoms in total. The van der Waals surface area contributed by atoms with Gasteiger partial charge in [0.1, 0.15) is 11.6 Å². The zero-order valence-corrected chi connectivity index (χ0v) is 9.62. The molecule has 1 N–H and O–H groups in total. The van der Waals surface area contributed by atoms with Gasteiger partial charge in [0.15, 0.2) is 0 Å². The first kappa shape index (κ1) is 10.4. The van der Waals surface area contributed by atoms with Crippen LogP contribution in [0.1, 0.15) is 24.4 Å². The molecular weight excluding hydrogens is 188 g/mol. The summed E-state index contributed by atoms with van der Waals surface area (Å²) < 4.78 is 0. The van der Waals surface area contributed by atoms with Gasteiger partial charge in [0, 0.05) is 24.8 Å². The van der Waals surface area contributed by atoms with E-state index in [1.54, 1.807) is 0 Å². The highest BCUT2D eigenvalue weighted by Gasteiger charge is 2.26. The summed E-state index contributed by atoms with van der Waals surface area (Å²) in [5.74, 6) is 1.82. The molecule has 2 rings (SSSR count). The minimum absolute atomic E-state index is 0.757. The van der Waals surface area contributed by atoms with E-state index >= 15 is 0 Å². The van der Waals surface area contributed by atoms with Gasteiger partial charge in [-0.05, 0) is 26.8 Å². The quantitative estimate of drug-likeness (QED) is 0.809. The topological polar surface area (TPSA) is 41.1 Å². The number of nitrogens with zero attached hydrogens (tertiary/aromatic N) is 3. The van der Waals surface area contributed by atoms with Crippen molar-refractivity contribution in [1.29, 1.82) is 0 Å². The zero-order valence-electron chi connectivity index (χ0n) is 9.62. The molecule has 0 spiro atoms. The first-order valence-electron chi connectivity index (χ1n) is 5.41. The molecule has 0 atom stereocenters. The molecule has 0 saturated heterocycles. The minimum Gasteiger partial charge on any atom is -0.373 e. The van der Waals surface area contributed by atoms with Crippen LogP contribution in [-0.4, -0.2) is 35.0 Å². The van der Waals surface area contributed by atoms with Crippen molar-refractivity contribution in [2.24, 2.45) is 0 Å². The molecule has 15 heavy (non-hydrogen) atoms. The third-order valence-corrected chi connectivity index (χ3v) is 2.72. The zero-order chi connectivity index (χ0) is 10.8. The molecule has 0 unspecified atom stereocenters. The predicted molar refractivity (Wildman–Crippen MR) is 60.8 cm³/mol. The van der Waals surface area contributed by atoms with Gasteiger partial charge in [-0.15, -0.1) is 0 Å². The SMILES string of the molecule is CNc1cc(C)nc(CN(C)C2CC2)n1. The van der Waals surface area contributed by atoms with Crippen molar-refractivity contribution in [2.75, 3.05) is 19.4 Å². The lowest BCUT2D eigenvalue weighted by molar-refractivity contribution is 0.308. The summed E-state index contributed by atoms with van der Waals surface area (Å²) in [6.07, 6.45) is 2.64. The van der Waals surface area contributed by atoms with Crippen LogP contribution < -0.4 is 5.32 Å². The first-order valence-corrected chi connectivity index (χ1v) is 5.41. The van der Waals surface area contributed by atoms with E-state index < -0.39 is 0 Å². The Morgan fingerprint density at radius 2 is 2.20 bits per heavy atom. The Labute approximate surface area is 90.7 Å². The summed E-state index contributed by atoms with van der Waals surface area (Å²) >= 11 is 0. The lowest BCUT2D eigenvalue weighted by Crippen LogP contribution is -2.21. The fourth-order valence-corrected chi connectivity index (χ4v) is 1.70. The van der Waals surface area contributed by atoms with Crippen LogP contribution in [0.2, 0.25) is 0 Å². The van der Waals surface area contributed by atoms with Crippen LogP contribution in [-0.2, 0) is 6.54 Å². The molecular formula is C11H18N4. The number of nitrogens with one attached hydrogen (secondary N) is 1. The van der Waals surface area contributed by atoms with Gasteiger partial charge in [-0.3, -0.25) is 4.90 Å². The van der Waals surface area contributed by atoms with Gasteiger partial charge in [-0.25, -0.2) is 9.97 Å². The summed E-state index contributed by atoms with van der Waals surface area (Å²) in [5.41, 5.74) is 1.02. The maximum atomic E-state index is 4.44. The monoisotopic (exact) mass is 206 g/mol. The van der Waals surface area contributed by atoms with Crippen molar-refractivity contribution >= 4 is 5.82 Å². The highest BCUT2D eigenvalue weighted by atomic mass is 15.2. The fraction of sp³-hybridized carbons (Fsp3) is 0.636. The number of hydrogen-bond acceptors (Lipinski definition) is 4. The van der Waals surface area contributed by atoms with Crippen LogP contribution in [0.4, 0.5) is 5.82 Å². The summed E-state index contributed by atoms with van der Waals surface area (Å²) in [6, 6.07) is 2.72. The van der Waals surface area contributed by atoms with Gasteiger partial charge in [-0.2, -0.15) is 0 Å². The van der Waals surface area contributed by atoms with E-state index in [2.05, 4.69) is 27.2 Å². The molecule has 1 aliphatic carbocycles. The van der Waals surface area contributed by atoms with Crippen molar-refractivity contribution in [1.82, 2.24) is 14.9 Å². The van der Waals surface area contributed by atoms with Crippen LogP contribution >= 0.6 is 0 Å². The third kappa shape index (κ3) is 2.65. The van der Waals surface area contributed by atoms with Crippen molar-refractivity contribution in [3.8, 4) is 0 Å². The second kappa shape index (κ2) is 4.14. The largest absolute Gasteiger partial charge is 0.373 e. The van der Waals surface area contributed by atoms with Crippen LogP contribution in [0.15, 0.2) is 6.07 Å². The second-order valence-corrected chi connectivity index (χ2v) is 4.21. The number of aryl methyl sites for hydroxylation is 1. The van der Waals surface area contributed by atoms with Crippen molar-refractivity contribution in [2.45, 2.75) is 32.4 Å². The van der Waals surface area contributed by atoms with Crippen molar-refractivity contribution in [3.05, 3.63) is 17.6 Å². The van der Waals surface area contributed by atoms with Crippen LogP contribution in [0.3, 0.4) is 0 Å². The smallest absolute Gasteiger partial charge is 0.144 e. The lowest BCUT2D eigenvalue weighted by atomic mass is 10.4. The van der Waals surface area contributed by atoms with Gasteiger partial charge >= 0.3 is 0 Å². The van der Waals surface area contributed by atoms with E-state index in [-0.39, 0.29) is 0 Å². The van der Waals surface area contributed by atoms with Gasteiger partial charge in [0.05, 0.1) is 6.54 Å². The molecule has 1 aromatic rings. The van der Waals surface area contributed by atoms with Gasteiger partial charge < -0.3 is 5.32 Å². The fourth-order valence-electron chi connectivity index (χ4n) is 1.70. The van der Waals surface area contributed by atoms with Crippen LogP contribution in [0.25, 0.3) is 0 Å². The van der Waals surface area contributed by atoms with Gasteiger partial charge in [0.2, 0.25) is 0 Å². The standard InChI is InChI=1S/C11H18N4/c1-8-6-10(12-2)14-11(13-8)7-15(3)9-4-5-9/h6,9H,4-5,7H2,1-3H3,(H,12,13,14). The molecule has 82 valence electrons. The number of anilines is 1. The Bertz CT molecular complexity index is 346. The van der Waals surface area contributed by atoms with Gasteiger partial charge in [0.25, 0.3) is 0 Å². The Hall–Kier alpha value is -1.16. The molecule has 1 saturated carbocycles. The average Bonchev–Trinajstić information content (AvgIpc) is 2.99. The number of aromatic nitrogens is 2. The molecule has 0 amide bonds. The highest BCUT2D eigenvalue weighted by Crippen LogP contribution is 2.26. The van der Waals surface area contributed by atoms with E-state index in [0.717, 1.165) is 29.9 Å². The summed E-state index contributed by atoms with van der Waals surface area (Å²) in [5, 5.41) is 3.06. The van der Waals surface area contributed by atoms with Crippen molar-refractivity contribution < 1.29 is 0 Å². The van der Waals surface area contributed by atoms with E-state index in [9.17, 15) is 0 Å². The molecule has 1 aromatic heterocycles.